The van der Waals surface area contributed by atoms with Gasteiger partial charge in [-0.05, 0) is 32.2 Å². The Labute approximate surface area is 102 Å². The second kappa shape index (κ2) is 6.28. The molecule has 0 heterocycles. The summed E-state index contributed by atoms with van der Waals surface area (Å²) >= 11 is 0. The molecule has 1 aliphatic carbocycles. The summed E-state index contributed by atoms with van der Waals surface area (Å²) in [5.41, 5.74) is 0. The summed E-state index contributed by atoms with van der Waals surface area (Å²) in [6, 6.07) is 0. The van der Waals surface area contributed by atoms with Crippen LogP contribution in [0.3, 0.4) is 0 Å². The van der Waals surface area contributed by atoms with Crippen molar-refractivity contribution in [2.24, 2.45) is 5.92 Å². The average Bonchev–Trinajstić information content (AvgIpc) is 2.26. The van der Waals surface area contributed by atoms with Gasteiger partial charge in [0.1, 0.15) is 0 Å². The lowest BCUT2D eigenvalue weighted by atomic mass is 9.86. The Kier molecular flexibility index (Phi) is 5.31. The van der Waals surface area contributed by atoms with Crippen LogP contribution in [0.15, 0.2) is 0 Å². The number of hydrogen-bond acceptors (Lipinski definition) is 2. The highest BCUT2D eigenvalue weighted by molar-refractivity contribution is 5.77. The zero-order valence-corrected chi connectivity index (χ0v) is 10.6. The minimum atomic E-state index is -2.51. The van der Waals surface area contributed by atoms with Gasteiger partial charge < -0.3 is 10.2 Å². The minimum Gasteiger partial charge on any atom is -0.345 e. The van der Waals surface area contributed by atoms with E-state index in [1.54, 1.807) is 11.9 Å². The van der Waals surface area contributed by atoms with Gasteiger partial charge in [0.05, 0.1) is 6.54 Å². The van der Waals surface area contributed by atoms with E-state index >= 15 is 0 Å². The van der Waals surface area contributed by atoms with E-state index in [0.29, 0.717) is 19.5 Å². The van der Waals surface area contributed by atoms with Crippen LogP contribution in [0.1, 0.15) is 32.6 Å². The molecule has 1 aliphatic rings. The van der Waals surface area contributed by atoms with Crippen LogP contribution in [-0.4, -0.2) is 43.4 Å². The van der Waals surface area contributed by atoms with Gasteiger partial charge in [-0.15, -0.1) is 0 Å². The predicted octanol–water partition coefficient (Wildman–Crippen LogP) is 1.88. The number of likely N-dealkylation sites (N-methyl/N-ethyl adjacent to an activating group) is 1. The molecule has 1 amide bonds. The number of carbonyl (C=O) groups is 1. The fraction of sp³-hybridized carbons (Fsp3) is 0.917. The molecule has 1 fully saturated rings. The Morgan fingerprint density at radius 1 is 1.53 bits per heavy atom. The Morgan fingerprint density at radius 3 is 2.82 bits per heavy atom. The number of halogens is 2. The van der Waals surface area contributed by atoms with Gasteiger partial charge in [0.25, 0.3) is 0 Å². The molecule has 1 atom stereocenters. The standard InChI is InChI=1S/C12H22F2N2O/c1-3-16(2)11(17)9-15-8-10-5-4-6-12(13,14)7-10/h10,15H,3-9H2,1-2H3. The lowest BCUT2D eigenvalue weighted by molar-refractivity contribution is -0.128. The lowest BCUT2D eigenvalue weighted by Crippen LogP contribution is -2.39. The summed E-state index contributed by atoms with van der Waals surface area (Å²) in [5, 5.41) is 2.98. The molecule has 1 unspecified atom stereocenters. The Hall–Kier alpha value is -0.710. The molecule has 1 N–H and O–H groups in total. The van der Waals surface area contributed by atoms with Gasteiger partial charge in [0.15, 0.2) is 0 Å². The number of carbonyl (C=O) groups excluding carboxylic acids is 1. The average molecular weight is 248 g/mol. The normalized spacial score (nSPS) is 23.4. The summed E-state index contributed by atoms with van der Waals surface area (Å²) in [7, 11) is 1.73. The first-order valence-corrected chi connectivity index (χ1v) is 6.27. The van der Waals surface area contributed by atoms with Crippen LogP contribution in [0.4, 0.5) is 8.78 Å². The summed E-state index contributed by atoms with van der Waals surface area (Å²) < 4.78 is 26.2. The molecule has 100 valence electrons. The summed E-state index contributed by atoms with van der Waals surface area (Å²) in [4.78, 5) is 13.1. The van der Waals surface area contributed by atoms with E-state index in [2.05, 4.69) is 5.32 Å². The summed E-state index contributed by atoms with van der Waals surface area (Å²) in [6.07, 6.45) is 1.39. The van der Waals surface area contributed by atoms with E-state index in [1.165, 1.54) is 0 Å². The van der Waals surface area contributed by atoms with Crippen LogP contribution in [0.2, 0.25) is 0 Å². The third kappa shape index (κ3) is 4.98. The molecular weight excluding hydrogens is 226 g/mol. The Balaban J connectivity index is 2.20. The summed E-state index contributed by atoms with van der Waals surface area (Å²) in [5.74, 6) is -2.50. The van der Waals surface area contributed by atoms with Gasteiger partial charge in [-0.3, -0.25) is 4.79 Å². The highest BCUT2D eigenvalue weighted by Crippen LogP contribution is 2.36. The topological polar surface area (TPSA) is 32.3 Å². The largest absolute Gasteiger partial charge is 0.345 e. The van der Waals surface area contributed by atoms with Crippen molar-refractivity contribution in [3.8, 4) is 0 Å². The molecule has 0 spiro atoms. The molecule has 0 bridgehead atoms. The zero-order valence-electron chi connectivity index (χ0n) is 10.6. The molecule has 0 aliphatic heterocycles. The molecule has 0 aromatic rings. The SMILES string of the molecule is CCN(C)C(=O)CNCC1CCCC(F)(F)C1. The van der Waals surface area contributed by atoms with Crippen molar-refractivity contribution in [3.63, 3.8) is 0 Å². The van der Waals surface area contributed by atoms with Gasteiger partial charge >= 0.3 is 0 Å². The second-order valence-electron chi connectivity index (χ2n) is 4.86. The number of rotatable bonds is 5. The molecule has 17 heavy (non-hydrogen) atoms. The molecule has 3 nitrogen and oxygen atoms in total. The first kappa shape index (κ1) is 14.4. The number of nitrogens with zero attached hydrogens (tertiary/aromatic N) is 1. The number of alkyl halides is 2. The third-order valence-electron chi connectivity index (χ3n) is 3.35. The van der Waals surface area contributed by atoms with Crippen molar-refractivity contribution in [2.75, 3.05) is 26.7 Å². The number of hydrogen-bond donors (Lipinski definition) is 1. The van der Waals surface area contributed by atoms with Crippen molar-refractivity contribution in [2.45, 2.75) is 38.5 Å². The van der Waals surface area contributed by atoms with Crippen molar-refractivity contribution in [3.05, 3.63) is 0 Å². The maximum atomic E-state index is 13.1. The predicted molar refractivity (Wildman–Crippen MR) is 63.1 cm³/mol. The fourth-order valence-electron chi connectivity index (χ4n) is 2.14. The third-order valence-corrected chi connectivity index (χ3v) is 3.35. The van der Waals surface area contributed by atoms with Crippen molar-refractivity contribution >= 4 is 5.91 Å². The van der Waals surface area contributed by atoms with E-state index in [4.69, 9.17) is 0 Å². The zero-order chi connectivity index (χ0) is 12.9. The van der Waals surface area contributed by atoms with Gasteiger partial charge in [0, 0.05) is 26.4 Å². The molecular formula is C12H22F2N2O. The number of nitrogens with one attached hydrogen (secondary N) is 1. The maximum Gasteiger partial charge on any atom is 0.248 e. The van der Waals surface area contributed by atoms with Crippen molar-refractivity contribution < 1.29 is 13.6 Å². The maximum absolute atomic E-state index is 13.1. The van der Waals surface area contributed by atoms with Crippen molar-refractivity contribution in [1.82, 2.24) is 10.2 Å². The van der Waals surface area contributed by atoms with E-state index in [-0.39, 0.29) is 31.2 Å². The lowest BCUT2D eigenvalue weighted by Gasteiger charge is -2.29. The fourth-order valence-corrected chi connectivity index (χ4v) is 2.14. The molecule has 1 rings (SSSR count). The van der Waals surface area contributed by atoms with Gasteiger partial charge in [-0.1, -0.05) is 0 Å². The molecule has 0 aromatic carbocycles. The first-order chi connectivity index (χ1) is 7.94. The van der Waals surface area contributed by atoms with Gasteiger partial charge in [0.2, 0.25) is 11.8 Å². The Morgan fingerprint density at radius 2 is 2.24 bits per heavy atom. The van der Waals surface area contributed by atoms with Crippen LogP contribution in [0.25, 0.3) is 0 Å². The molecule has 0 saturated heterocycles. The first-order valence-electron chi connectivity index (χ1n) is 6.27. The quantitative estimate of drug-likeness (QED) is 0.805. The van der Waals surface area contributed by atoms with E-state index in [1.807, 2.05) is 6.92 Å². The number of amides is 1. The molecule has 0 aromatic heterocycles. The second-order valence-corrected chi connectivity index (χ2v) is 4.86. The van der Waals surface area contributed by atoms with E-state index in [9.17, 15) is 13.6 Å². The van der Waals surface area contributed by atoms with E-state index in [0.717, 1.165) is 6.42 Å². The minimum absolute atomic E-state index is 0.00140. The van der Waals surface area contributed by atoms with Crippen LogP contribution in [-0.2, 0) is 4.79 Å². The van der Waals surface area contributed by atoms with Gasteiger partial charge in [-0.25, -0.2) is 8.78 Å². The van der Waals surface area contributed by atoms with Crippen molar-refractivity contribution in [1.29, 1.82) is 0 Å². The van der Waals surface area contributed by atoms with Crippen LogP contribution < -0.4 is 5.32 Å². The molecule has 5 heteroatoms. The highest BCUT2D eigenvalue weighted by Gasteiger charge is 2.35. The monoisotopic (exact) mass is 248 g/mol. The smallest absolute Gasteiger partial charge is 0.248 e. The molecule has 1 saturated carbocycles. The van der Waals surface area contributed by atoms with Crippen LogP contribution >= 0.6 is 0 Å². The highest BCUT2D eigenvalue weighted by atomic mass is 19.3. The summed E-state index contributed by atoms with van der Waals surface area (Å²) in [6.45, 7) is 3.33. The molecule has 0 radical (unpaired) electrons. The van der Waals surface area contributed by atoms with Crippen LogP contribution in [0.5, 0.6) is 0 Å². The van der Waals surface area contributed by atoms with Gasteiger partial charge in [-0.2, -0.15) is 0 Å². The van der Waals surface area contributed by atoms with Crippen LogP contribution in [0, 0.1) is 5.92 Å². The van der Waals surface area contributed by atoms with E-state index < -0.39 is 5.92 Å². The Bertz CT molecular complexity index is 259.